The number of aliphatic hydroxyl groups is 1. The van der Waals surface area contributed by atoms with Crippen molar-refractivity contribution < 1.29 is 5.11 Å². The average molecular weight is 248 g/mol. The fourth-order valence-electron chi connectivity index (χ4n) is 2.28. The van der Waals surface area contributed by atoms with Gasteiger partial charge in [-0.15, -0.1) is 0 Å². The van der Waals surface area contributed by atoms with E-state index in [0.29, 0.717) is 0 Å². The first kappa shape index (κ1) is 15.2. The predicted octanol–water partition coefficient (Wildman–Crippen LogP) is 4.50. The zero-order valence-electron chi connectivity index (χ0n) is 12.7. The molecular weight excluding hydrogens is 220 g/mol. The van der Waals surface area contributed by atoms with E-state index in [2.05, 4.69) is 65.8 Å². The summed E-state index contributed by atoms with van der Waals surface area (Å²) >= 11 is 0. The molecule has 1 rings (SSSR count). The molecule has 0 aliphatic heterocycles. The standard InChI is InChI=1S/C17H28O/c1-16(2,3)11-14(12-18)13-7-9-15(10-8-13)17(4,5)6/h7-10,14,18H,11-12H2,1-6H3/t14-/m1/s1. The third-order valence-electron chi connectivity index (χ3n) is 3.33. The van der Waals surface area contributed by atoms with Crippen LogP contribution in [0.25, 0.3) is 0 Å². The number of rotatable bonds is 3. The van der Waals surface area contributed by atoms with Gasteiger partial charge in [0.15, 0.2) is 0 Å². The monoisotopic (exact) mass is 248 g/mol. The summed E-state index contributed by atoms with van der Waals surface area (Å²) in [5.41, 5.74) is 3.03. The lowest BCUT2D eigenvalue weighted by molar-refractivity contribution is 0.222. The molecule has 0 unspecified atom stereocenters. The lowest BCUT2D eigenvalue weighted by Gasteiger charge is -2.26. The maximum atomic E-state index is 9.57. The van der Waals surface area contributed by atoms with Gasteiger partial charge >= 0.3 is 0 Å². The second-order valence-electron chi connectivity index (χ2n) is 7.52. The first-order chi connectivity index (χ1) is 8.13. The molecule has 0 radical (unpaired) electrons. The third-order valence-corrected chi connectivity index (χ3v) is 3.33. The van der Waals surface area contributed by atoms with Crippen LogP contribution in [0.4, 0.5) is 0 Å². The van der Waals surface area contributed by atoms with E-state index in [1.165, 1.54) is 11.1 Å². The Labute approximate surface area is 112 Å². The Bertz CT molecular complexity index is 362. The van der Waals surface area contributed by atoms with Gasteiger partial charge in [0.25, 0.3) is 0 Å². The lowest BCUT2D eigenvalue weighted by Crippen LogP contribution is -2.16. The van der Waals surface area contributed by atoms with Gasteiger partial charge in [0, 0.05) is 12.5 Å². The van der Waals surface area contributed by atoms with Crippen LogP contribution >= 0.6 is 0 Å². The molecule has 1 aromatic rings. The zero-order chi connectivity index (χ0) is 14.0. The van der Waals surface area contributed by atoms with E-state index in [1.807, 2.05) is 0 Å². The Morgan fingerprint density at radius 1 is 0.944 bits per heavy atom. The van der Waals surface area contributed by atoms with E-state index in [9.17, 15) is 5.11 Å². The Kier molecular flexibility index (Phi) is 4.61. The van der Waals surface area contributed by atoms with Gasteiger partial charge in [0.2, 0.25) is 0 Å². The van der Waals surface area contributed by atoms with Crippen molar-refractivity contribution in [3.05, 3.63) is 35.4 Å². The minimum Gasteiger partial charge on any atom is -0.396 e. The second kappa shape index (κ2) is 5.44. The van der Waals surface area contributed by atoms with Crippen molar-refractivity contribution in [2.45, 2.75) is 59.3 Å². The van der Waals surface area contributed by atoms with Gasteiger partial charge in [-0.1, -0.05) is 65.8 Å². The van der Waals surface area contributed by atoms with Crippen LogP contribution in [0.3, 0.4) is 0 Å². The van der Waals surface area contributed by atoms with Gasteiger partial charge in [-0.25, -0.2) is 0 Å². The van der Waals surface area contributed by atoms with E-state index in [4.69, 9.17) is 0 Å². The van der Waals surface area contributed by atoms with Crippen molar-refractivity contribution in [2.75, 3.05) is 6.61 Å². The quantitative estimate of drug-likeness (QED) is 0.835. The van der Waals surface area contributed by atoms with Crippen LogP contribution in [0.2, 0.25) is 0 Å². The average Bonchev–Trinajstić information content (AvgIpc) is 2.24. The summed E-state index contributed by atoms with van der Waals surface area (Å²) in [6, 6.07) is 8.74. The van der Waals surface area contributed by atoms with Gasteiger partial charge in [0.05, 0.1) is 0 Å². The maximum absolute atomic E-state index is 9.57. The fraction of sp³-hybridized carbons (Fsp3) is 0.647. The van der Waals surface area contributed by atoms with Gasteiger partial charge in [-0.05, 0) is 28.4 Å². The minimum atomic E-state index is 0.192. The molecule has 0 bridgehead atoms. The van der Waals surface area contributed by atoms with Crippen molar-refractivity contribution in [1.29, 1.82) is 0 Å². The summed E-state index contributed by atoms with van der Waals surface area (Å²) in [5.74, 6) is 0.249. The summed E-state index contributed by atoms with van der Waals surface area (Å²) in [4.78, 5) is 0. The number of benzene rings is 1. The Balaban J connectivity index is 2.89. The normalized spacial score (nSPS) is 14.6. The van der Waals surface area contributed by atoms with Crippen LogP contribution in [0.1, 0.15) is 65.0 Å². The maximum Gasteiger partial charge on any atom is 0.0499 e. The highest BCUT2D eigenvalue weighted by atomic mass is 16.3. The van der Waals surface area contributed by atoms with Crippen molar-refractivity contribution in [3.8, 4) is 0 Å². The van der Waals surface area contributed by atoms with Crippen molar-refractivity contribution in [2.24, 2.45) is 5.41 Å². The molecule has 1 aromatic carbocycles. The molecule has 0 aliphatic rings. The Hall–Kier alpha value is -0.820. The first-order valence-corrected chi connectivity index (χ1v) is 6.85. The van der Waals surface area contributed by atoms with Crippen LogP contribution in [0.5, 0.6) is 0 Å². The van der Waals surface area contributed by atoms with Crippen molar-refractivity contribution in [3.63, 3.8) is 0 Å². The third kappa shape index (κ3) is 4.45. The molecule has 0 fully saturated rings. The number of aliphatic hydroxyl groups excluding tert-OH is 1. The van der Waals surface area contributed by atoms with E-state index >= 15 is 0 Å². The molecule has 1 heteroatoms. The molecule has 0 saturated carbocycles. The summed E-state index contributed by atoms with van der Waals surface area (Å²) in [6.07, 6.45) is 1.01. The molecule has 0 aliphatic carbocycles. The van der Waals surface area contributed by atoms with Crippen LogP contribution in [-0.2, 0) is 5.41 Å². The molecule has 102 valence electrons. The van der Waals surface area contributed by atoms with E-state index in [-0.39, 0.29) is 23.4 Å². The number of hydrogen-bond acceptors (Lipinski definition) is 1. The van der Waals surface area contributed by atoms with Crippen molar-refractivity contribution >= 4 is 0 Å². The fourth-order valence-corrected chi connectivity index (χ4v) is 2.28. The predicted molar refractivity (Wildman–Crippen MR) is 79.0 cm³/mol. The summed E-state index contributed by atoms with van der Waals surface area (Å²) in [5, 5.41) is 9.57. The van der Waals surface area contributed by atoms with Gasteiger partial charge < -0.3 is 5.11 Å². The largest absolute Gasteiger partial charge is 0.396 e. The molecule has 0 spiro atoms. The molecular formula is C17H28O. The first-order valence-electron chi connectivity index (χ1n) is 6.85. The minimum absolute atomic E-state index is 0.192. The topological polar surface area (TPSA) is 20.2 Å². The second-order valence-corrected chi connectivity index (χ2v) is 7.52. The molecule has 18 heavy (non-hydrogen) atoms. The molecule has 1 nitrogen and oxygen atoms in total. The molecule has 0 aromatic heterocycles. The summed E-state index contributed by atoms with van der Waals surface area (Å²) in [6.45, 7) is 13.6. The highest BCUT2D eigenvalue weighted by molar-refractivity contribution is 5.29. The zero-order valence-corrected chi connectivity index (χ0v) is 12.7. The highest BCUT2D eigenvalue weighted by Crippen LogP contribution is 2.32. The van der Waals surface area contributed by atoms with Crippen LogP contribution in [0, 0.1) is 5.41 Å². The molecule has 1 atom stereocenters. The molecule has 1 N–H and O–H groups in total. The van der Waals surface area contributed by atoms with Crippen molar-refractivity contribution in [1.82, 2.24) is 0 Å². The number of hydrogen-bond donors (Lipinski definition) is 1. The SMILES string of the molecule is CC(C)(C)C[C@H](CO)c1ccc(C(C)(C)C)cc1. The van der Waals surface area contributed by atoms with Gasteiger partial charge in [0.1, 0.15) is 0 Å². The Morgan fingerprint density at radius 2 is 1.44 bits per heavy atom. The smallest absolute Gasteiger partial charge is 0.0499 e. The molecule has 0 saturated heterocycles. The van der Waals surface area contributed by atoms with Crippen LogP contribution in [0.15, 0.2) is 24.3 Å². The highest BCUT2D eigenvalue weighted by Gasteiger charge is 2.20. The van der Waals surface area contributed by atoms with Crippen LogP contribution < -0.4 is 0 Å². The molecule has 0 amide bonds. The molecule has 0 heterocycles. The van der Waals surface area contributed by atoms with E-state index in [1.54, 1.807) is 0 Å². The van der Waals surface area contributed by atoms with E-state index in [0.717, 1.165) is 6.42 Å². The Morgan fingerprint density at radius 3 is 1.78 bits per heavy atom. The summed E-state index contributed by atoms with van der Waals surface area (Å²) in [7, 11) is 0. The van der Waals surface area contributed by atoms with Gasteiger partial charge in [-0.2, -0.15) is 0 Å². The van der Waals surface area contributed by atoms with Crippen LogP contribution in [-0.4, -0.2) is 11.7 Å². The lowest BCUT2D eigenvalue weighted by atomic mass is 9.80. The van der Waals surface area contributed by atoms with Gasteiger partial charge in [-0.3, -0.25) is 0 Å². The summed E-state index contributed by atoms with van der Waals surface area (Å²) < 4.78 is 0. The van der Waals surface area contributed by atoms with E-state index < -0.39 is 0 Å².